The Morgan fingerprint density at radius 3 is 2.56 bits per heavy atom. The number of carbonyl (C=O) groups excluding carboxylic acids is 1. The summed E-state index contributed by atoms with van der Waals surface area (Å²) in [4.78, 5) is 33.3. The first-order valence-electron chi connectivity index (χ1n) is 6.99. The van der Waals surface area contributed by atoms with Crippen LogP contribution in [0.3, 0.4) is 0 Å². The van der Waals surface area contributed by atoms with Gasteiger partial charge in [-0.15, -0.1) is 0 Å². The SMILES string of the molecule is COc1ccc(C(=O)O)cc1NC(=O)COc1ccccc1[N+](=O)[O-]. The number of hydrogen-bond donors (Lipinski definition) is 2. The van der Waals surface area contributed by atoms with Crippen molar-refractivity contribution >= 4 is 23.3 Å². The number of rotatable bonds is 7. The smallest absolute Gasteiger partial charge is 0.335 e. The molecule has 0 unspecified atom stereocenters. The van der Waals surface area contributed by atoms with E-state index in [1.165, 1.54) is 43.5 Å². The minimum atomic E-state index is -1.16. The number of nitrogens with one attached hydrogen (secondary N) is 1. The number of nitro benzene ring substituents is 1. The number of anilines is 1. The van der Waals surface area contributed by atoms with E-state index in [4.69, 9.17) is 14.6 Å². The zero-order chi connectivity index (χ0) is 18.4. The van der Waals surface area contributed by atoms with E-state index in [1.807, 2.05) is 0 Å². The molecule has 0 bridgehead atoms. The van der Waals surface area contributed by atoms with Crippen LogP contribution >= 0.6 is 0 Å². The first-order chi connectivity index (χ1) is 11.9. The van der Waals surface area contributed by atoms with Crippen molar-refractivity contribution < 1.29 is 29.1 Å². The molecule has 2 aromatic rings. The summed E-state index contributed by atoms with van der Waals surface area (Å²) in [6.07, 6.45) is 0. The number of carbonyl (C=O) groups is 2. The summed E-state index contributed by atoms with van der Waals surface area (Å²) in [6, 6.07) is 9.63. The molecule has 2 rings (SSSR count). The van der Waals surface area contributed by atoms with Crippen LogP contribution in [0.5, 0.6) is 11.5 Å². The van der Waals surface area contributed by atoms with Crippen LogP contribution in [-0.4, -0.2) is 35.6 Å². The second kappa shape index (κ2) is 7.77. The third kappa shape index (κ3) is 4.44. The summed E-state index contributed by atoms with van der Waals surface area (Å²) >= 11 is 0. The highest BCUT2D eigenvalue weighted by Gasteiger charge is 2.16. The molecule has 0 saturated carbocycles. The normalized spacial score (nSPS) is 9.96. The Balaban J connectivity index is 2.09. The molecular formula is C16H14N2O7. The molecule has 2 N–H and O–H groups in total. The van der Waals surface area contributed by atoms with Gasteiger partial charge < -0.3 is 19.9 Å². The number of hydrogen-bond acceptors (Lipinski definition) is 6. The van der Waals surface area contributed by atoms with Crippen molar-refractivity contribution in [3.63, 3.8) is 0 Å². The maximum absolute atomic E-state index is 12.0. The van der Waals surface area contributed by atoms with Gasteiger partial charge in [-0.1, -0.05) is 12.1 Å². The van der Waals surface area contributed by atoms with Crippen LogP contribution in [0.1, 0.15) is 10.4 Å². The summed E-state index contributed by atoms with van der Waals surface area (Å²) < 4.78 is 10.2. The third-order valence-corrected chi connectivity index (χ3v) is 3.14. The van der Waals surface area contributed by atoms with E-state index in [2.05, 4.69) is 5.32 Å². The number of para-hydroxylation sites is 2. The summed E-state index contributed by atoms with van der Waals surface area (Å²) in [5, 5.41) is 22.3. The average Bonchev–Trinajstić information content (AvgIpc) is 2.60. The van der Waals surface area contributed by atoms with Gasteiger partial charge in [0.1, 0.15) is 5.75 Å². The van der Waals surface area contributed by atoms with Crippen LogP contribution < -0.4 is 14.8 Å². The monoisotopic (exact) mass is 346 g/mol. The minimum Gasteiger partial charge on any atom is -0.495 e. The van der Waals surface area contributed by atoms with Crippen LogP contribution in [0.15, 0.2) is 42.5 Å². The predicted molar refractivity (Wildman–Crippen MR) is 87.2 cm³/mol. The number of benzene rings is 2. The fraction of sp³-hybridized carbons (Fsp3) is 0.125. The van der Waals surface area contributed by atoms with Crippen molar-refractivity contribution in [1.82, 2.24) is 0 Å². The lowest BCUT2D eigenvalue weighted by Crippen LogP contribution is -2.21. The van der Waals surface area contributed by atoms with Crippen molar-refractivity contribution in [2.75, 3.05) is 19.0 Å². The van der Waals surface area contributed by atoms with Crippen molar-refractivity contribution in [3.05, 3.63) is 58.1 Å². The fourth-order valence-electron chi connectivity index (χ4n) is 2.00. The number of carboxylic acid groups (broad SMARTS) is 1. The summed E-state index contributed by atoms with van der Waals surface area (Å²) in [5.41, 5.74) is -0.143. The third-order valence-electron chi connectivity index (χ3n) is 3.14. The molecule has 0 spiro atoms. The predicted octanol–water partition coefficient (Wildman–Crippen LogP) is 2.32. The van der Waals surface area contributed by atoms with E-state index >= 15 is 0 Å². The molecule has 25 heavy (non-hydrogen) atoms. The van der Waals surface area contributed by atoms with Crippen molar-refractivity contribution in [2.24, 2.45) is 0 Å². The summed E-state index contributed by atoms with van der Waals surface area (Å²) in [6.45, 7) is -0.495. The van der Waals surface area contributed by atoms with Crippen LogP contribution in [0.2, 0.25) is 0 Å². The molecule has 0 aliphatic rings. The Labute approximate surface area is 141 Å². The maximum Gasteiger partial charge on any atom is 0.335 e. The zero-order valence-corrected chi connectivity index (χ0v) is 13.1. The topological polar surface area (TPSA) is 128 Å². The number of ether oxygens (including phenoxy) is 2. The van der Waals surface area contributed by atoms with Gasteiger partial charge in [-0.05, 0) is 24.3 Å². The Bertz CT molecular complexity index is 820. The largest absolute Gasteiger partial charge is 0.495 e. The van der Waals surface area contributed by atoms with Crippen molar-refractivity contribution in [1.29, 1.82) is 0 Å². The van der Waals surface area contributed by atoms with E-state index < -0.39 is 23.4 Å². The van der Waals surface area contributed by atoms with Crippen LogP contribution in [0.25, 0.3) is 0 Å². The molecule has 0 fully saturated rings. The molecule has 0 aromatic heterocycles. The number of methoxy groups -OCH3 is 1. The van der Waals surface area contributed by atoms with Gasteiger partial charge in [-0.25, -0.2) is 4.79 Å². The van der Waals surface area contributed by atoms with Crippen LogP contribution in [-0.2, 0) is 4.79 Å². The van der Waals surface area contributed by atoms with E-state index in [9.17, 15) is 19.7 Å². The molecular weight excluding hydrogens is 332 g/mol. The summed E-state index contributed by atoms with van der Waals surface area (Å²) in [5.74, 6) is -1.56. The summed E-state index contributed by atoms with van der Waals surface area (Å²) in [7, 11) is 1.37. The Hall–Kier alpha value is -3.62. The Morgan fingerprint density at radius 2 is 1.92 bits per heavy atom. The van der Waals surface area contributed by atoms with Gasteiger partial charge in [-0.2, -0.15) is 0 Å². The molecule has 2 aromatic carbocycles. The van der Waals surface area contributed by atoms with Gasteiger partial charge in [0, 0.05) is 6.07 Å². The highest BCUT2D eigenvalue weighted by Crippen LogP contribution is 2.27. The number of amides is 1. The maximum atomic E-state index is 12.0. The number of aromatic carboxylic acids is 1. The van der Waals surface area contributed by atoms with Gasteiger partial charge in [0.15, 0.2) is 12.4 Å². The minimum absolute atomic E-state index is 0.0317. The van der Waals surface area contributed by atoms with Gasteiger partial charge in [0.25, 0.3) is 5.91 Å². The zero-order valence-electron chi connectivity index (χ0n) is 13.1. The van der Waals surface area contributed by atoms with E-state index in [0.29, 0.717) is 0 Å². The van der Waals surface area contributed by atoms with E-state index in [0.717, 1.165) is 0 Å². The van der Waals surface area contributed by atoms with E-state index in [1.54, 1.807) is 6.07 Å². The highest BCUT2D eigenvalue weighted by atomic mass is 16.6. The van der Waals surface area contributed by atoms with Crippen LogP contribution in [0, 0.1) is 10.1 Å². The number of carboxylic acids is 1. The molecule has 0 saturated heterocycles. The Kier molecular flexibility index (Phi) is 5.51. The molecule has 0 heterocycles. The molecule has 130 valence electrons. The second-order valence-electron chi connectivity index (χ2n) is 4.78. The van der Waals surface area contributed by atoms with Gasteiger partial charge in [0.2, 0.25) is 0 Å². The highest BCUT2D eigenvalue weighted by molar-refractivity contribution is 5.96. The molecule has 9 nitrogen and oxygen atoms in total. The van der Waals surface area contributed by atoms with E-state index in [-0.39, 0.29) is 28.4 Å². The Morgan fingerprint density at radius 1 is 1.20 bits per heavy atom. The molecule has 0 aliphatic carbocycles. The van der Waals surface area contributed by atoms with Crippen LogP contribution in [0.4, 0.5) is 11.4 Å². The lowest BCUT2D eigenvalue weighted by atomic mass is 10.2. The number of nitrogens with zero attached hydrogens (tertiary/aromatic N) is 1. The molecule has 0 radical (unpaired) electrons. The number of nitro groups is 1. The van der Waals surface area contributed by atoms with Crippen molar-refractivity contribution in [3.8, 4) is 11.5 Å². The average molecular weight is 346 g/mol. The van der Waals surface area contributed by atoms with Gasteiger partial charge in [-0.3, -0.25) is 14.9 Å². The molecule has 1 amide bonds. The standard InChI is InChI=1S/C16H14N2O7/c1-24-13-7-6-10(16(20)21)8-11(13)17-15(19)9-25-14-5-3-2-4-12(14)18(22)23/h2-8H,9H2,1H3,(H,17,19)(H,20,21). The van der Waals surface area contributed by atoms with Gasteiger partial charge in [0.05, 0.1) is 23.3 Å². The van der Waals surface area contributed by atoms with Gasteiger partial charge >= 0.3 is 11.7 Å². The molecule has 0 aliphatic heterocycles. The first kappa shape index (κ1) is 17.7. The first-order valence-corrected chi connectivity index (χ1v) is 6.99. The lowest BCUT2D eigenvalue weighted by Gasteiger charge is -2.11. The molecule has 9 heteroatoms. The quantitative estimate of drug-likeness (QED) is 0.581. The van der Waals surface area contributed by atoms with Crippen molar-refractivity contribution in [2.45, 2.75) is 0 Å². The molecule has 0 atom stereocenters. The lowest BCUT2D eigenvalue weighted by molar-refractivity contribution is -0.385. The second-order valence-corrected chi connectivity index (χ2v) is 4.78. The fourth-order valence-corrected chi connectivity index (χ4v) is 2.00.